The van der Waals surface area contributed by atoms with Crippen LogP contribution < -0.4 is 5.73 Å². The van der Waals surface area contributed by atoms with Crippen LogP contribution in [0, 0.1) is 11.3 Å². The molecule has 0 radical (unpaired) electrons. The van der Waals surface area contributed by atoms with Crippen molar-refractivity contribution in [3.63, 3.8) is 0 Å². The van der Waals surface area contributed by atoms with E-state index in [0.717, 1.165) is 36.9 Å². The molecule has 1 unspecified atom stereocenters. The summed E-state index contributed by atoms with van der Waals surface area (Å²) in [6.45, 7) is 6.88. The van der Waals surface area contributed by atoms with Crippen LogP contribution in [0.2, 0.25) is 0 Å². The molecule has 2 aliphatic carbocycles. The van der Waals surface area contributed by atoms with Crippen LogP contribution in [-0.2, 0) is 5.54 Å². The average Bonchev–Trinajstić information content (AvgIpc) is 3.06. The van der Waals surface area contributed by atoms with E-state index in [1.54, 1.807) is 0 Å². The van der Waals surface area contributed by atoms with Gasteiger partial charge in [0.05, 0.1) is 5.54 Å². The number of nitrogens with two attached hydrogens (primary N) is 1. The minimum Gasteiger partial charge on any atom is -0.339 e. The first kappa shape index (κ1) is 15.0. The highest BCUT2D eigenvalue weighted by Crippen LogP contribution is 2.48. The normalized spacial score (nSPS) is 36.0. The summed E-state index contributed by atoms with van der Waals surface area (Å²) in [7, 11) is 0. The van der Waals surface area contributed by atoms with E-state index in [0.29, 0.717) is 5.92 Å². The Morgan fingerprint density at radius 2 is 1.90 bits per heavy atom. The third-order valence-electron chi connectivity index (χ3n) is 6.02. The number of rotatable bonds is 3. The molecule has 4 nitrogen and oxygen atoms in total. The van der Waals surface area contributed by atoms with Crippen LogP contribution >= 0.6 is 0 Å². The second-order valence-corrected chi connectivity index (χ2v) is 7.90. The summed E-state index contributed by atoms with van der Waals surface area (Å²) in [6.07, 6.45) is 9.24. The Hall–Kier alpha value is -0.900. The number of hydrogen-bond acceptors (Lipinski definition) is 4. The zero-order chi connectivity index (χ0) is 15.1. The molecule has 2 saturated carbocycles. The van der Waals surface area contributed by atoms with Crippen molar-refractivity contribution in [3.05, 3.63) is 11.7 Å². The maximum atomic E-state index is 6.59. The lowest BCUT2D eigenvalue weighted by Gasteiger charge is -2.34. The number of nitrogens with zero attached hydrogens (tertiary/aromatic N) is 2. The van der Waals surface area contributed by atoms with Crippen LogP contribution in [0.1, 0.15) is 89.8 Å². The molecule has 1 aromatic heterocycles. The van der Waals surface area contributed by atoms with Crippen LogP contribution in [0.3, 0.4) is 0 Å². The van der Waals surface area contributed by atoms with E-state index in [1.165, 1.54) is 32.1 Å². The van der Waals surface area contributed by atoms with E-state index in [9.17, 15) is 0 Å². The number of hydrogen-bond donors (Lipinski definition) is 1. The van der Waals surface area contributed by atoms with Gasteiger partial charge in [-0.25, -0.2) is 0 Å². The number of aromatic nitrogens is 2. The van der Waals surface area contributed by atoms with Gasteiger partial charge in [0, 0.05) is 5.92 Å². The Morgan fingerprint density at radius 3 is 2.48 bits per heavy atom. The lowest BCUT2D eigenvalue weighted by molar-refractivity contribution is 0.215. The Balaban J connectivity index is 1.76. The van der Waals surface area contributed by atoms with Crippen molar-refractivity contribution in [1.29, 1.82) is 0 Å². The SMILES string of the molecule is CCC1CCC(N)(c2noc(C3CCCC3(C)C)n2)CC1. The van der Waals surface area contributed by atoms with Crippen molar-refractivity contribution in [1.82, 2.24) is 10.1 Å². The molecule has 0 amide bonds. The third kappa shape index (κ3) is 2.75. The molecule has 0 bridgehead atoms. The first-order valence-electron chi connectivity index (χ1n) is 8.57. The van der Waals surface area contributed by atoms with Gasteiger partial charge < -0.3 is 10.3 Å². The molecular formula is C17H29N3O. The van der Waals surface area contributed by atoms with E-state index < -0.39 is 0 Å². The molecule has 0 spiro atoms. The molecule has 1 heterocycles. The van der Waals surface area contributed by atoms with E-state index >= 15 is 0 Å². The molecule has 0 saturated heterocycles. The summed E-state index contributed by atoms with van der Waals surface area (Å²) in [5.74, 6) is 2.78. The maximum absolute atomic E-state index is 6.59. The first-order chi connectivity index (χ1) is 9.94. The van der Waals surface area contributed by atoms with Gasteiger partial charge in [0.25, 0.3) is 0 Å². The Bertz CT molecular complexity index is 486. The summed E-state index contributed by atoms with van der Waals surface area (Å²) in [6, 6.07) is 0. The Kier molecular flexibility index (Phi) is 3.85. The minimum absolute atomic E-state index is 0.269. The second kappa shape index (κ2) is 5.38. The standard InChI is InChI=1S/C17H29N3O/c1-4-12-7-10-17(18,11-8-12)15-19-14(21-20-15)13-6-5-9-16(13,2)3/h12-13H,4-11,18H2,1-3H3. The van der Waals surface area contributed by atoms with Crippen LogP contribution in [0.15, 0.2) is 4.52 Å². The first-order valence-corrected chi connectivity index (χ1v) is 8.57. The summed E-state index contributed by atoms with van der Waals surface area (Å²) < 4.78 is 5.61. The zero-order valence-corrected chi connectivity index (χ0v) is 13.7. The molecule has 2 N–H and O–H groups in total. The molecule has 4 heteroatoms. The lowest BCUT2D eigenvalue weighted by atomic mass is 9.76. The molecule has 0 aromatic carbocycles. The fraction of sp³-hybridized carbons (Fsp3) is 0.882. The highest BCUT2D eigenvalue weighted by Gasteiger charge is 2.42. The van der Waals surface area contributed by atoms with Gasteiger partial charge >= 0.3 is 0 Å². The average molecular weight is 291 g/mol. The van der Waals surface area contributed by atoms with Gasteiger partial charge in [0.1, 0.15) is 0 Å². The van der Waals surface area contributed by atoms with Crippen LogP contribution in [0.25, 0.3) is 0 Å². The van der Waals surface area contributed by atoms with Gasteiger partial charge in [-0.1, -0.05) is 38.8 Å². The molecule has 0 aliphatic heterocycles. The van der Waals surface area contributed by atoms with Crippen molar-refractivity contribution < 1.29 is 4.52 Å². The highest BCUT2D eigenvalue weighted by atomic mass is 16.5. The molecule has 3 rings (SSSR count). The van der Waals surface area contributed by atoms with E-state index in [1.807, 2.05) is 0 Å². The molecule has 1 aromatic rings. The minimum atomic E-state index is -0.365. The lowest BCUT2D eigenvalue weighted by Crippen LogP contribution is -2.41. The van der Waals surface area contributed by atoms with Crippen molar-refractivity contribution in [2.75, 3.05) is 0 Å². The Morgan fingerprint density at radius 1 is 1.19 bits per heavy atom. The summed E-state index contributed by atoms with van der Waals surface area (Å²) in [4.78, 5) is 4.73. The van der Waals surface area contributed by atoms with Gasteiger partial charge in [-0.15, -0.1) is 0 Å². The quantitative estimate of drug-likeness (QED) is 0.910. The molecule has 2 aliphatic rings. The highest BCUT2D eigenvalue weighted by molar-refractivity contribution is 5.10. The summed E-state index contributed by atoms with van der Waals surface area (Å²) in [5.41, 5.74) is 6.50. The van der Waals surface area contributed by atoms with Crippen LogP contribution in [-0.4, -0.2) is 10.1 Å². The van der Waals surface area contributed by atoms with Crippen molar-refractivity contribution in [2.24, 2.45) is 17.1 Å². The van der Waals surface area contributed by atoms with E-state index in [-0.39, 0.29) is 11.0 Å². The zero-order valence-electron chi connectivity index (χ0n) is 13.7. The van der Waals surface area contributed by atoms with Gasteiger partial charge in [-0.2, -0.15) is 4.98 Å². The van der Waals surface area contributed by atoms with E-state index in [4.69, 9.17) is 15.2 Å². The predicted octanol–water partition coefficient (Wildman–Crippen LogP) is 4.12. The predicted molar refractivity (Wildman–Crippen MR) is 82.8 cm³/mol. The summed E-state index contributed by atoms with van der Waals surface area (Å²) >= 11 is 0. The molecule has 118 valence electrons. The second-order valence-electron chi connectivity index (χ2n) is 7.90. The molecule has 1 atom stereocenters. The van der Waals surface area contributed by atoms with Crippen molar-refractivity contribution in [3.8, 4) is 0 Å². The molecule has 21 heavy (non-hydrogen) atoms. The molecule has 2 fully saturated rings. The Labute approximate surface area is 127 Å². The van der Waals surface area contributed by atoms with Crippen molar-refractivity contribution in [2.45, 2.75) is 83.6 Å². The maximum Gasteiger partial charge on any atom is 0.230 e. The van der Waals surface area contributed by atoms with Gasteiger partial charge in [-0.05, 0) is 49.9 Å². The molecular weight excluding hydrogens is 262 g/mol. The smallest absolute Gasteiger partial charge is 0.230 e. The van der Waals surface area contributed by atoms with E-state index in [2.05, 4.69) is 25.9 Å². The summed E-state index contributed by atoms with van der Waals surface area (Å²) in [5, 5.41) is 4.26. The van der Waals surface area contributed by atoms with Crippen LogP contribution in [0.4, 0.5) is 0 Å². The van der Waals surface area contributed by atoms with Gasteiger partial charge in [0.2, 0.25) is 5.89 Å². The third-order valence-corrected chi connectivity index (χ3v) is 6.02. The van der Waals surface area contributed by atoms with Gasteiger partial charge in [0.15, 0.2) is 5.82 Å². The fourth-order valence-corrected chi connectivity index (χ4v) is 4.19. The fourth-order valence-electron chi connectivity index (χ4n) is 4.19. The largest absolute Gasteiger partial charge is 0.339 e. The van der Waals surface area contributed by atoms with Crippen molar-refractivity contribution >= 4 is 0 Å². The van der Waals surface area contributed by atoms with Gasteiger partial charge in [-0.3, -0.25) is 0 Å². The van der Waals surface area contributed by atoms with Crippen LogP contribution in [0.5, 0.6) is 0 Å². The topological polar surface area (TPSA) is 64.9 Å². The monoisotopic (exact) mass is 291 g/mol.